The number of hydrogen-bond acceptors (Lipinski definition) is 3. The second-order valence-electron chi connectivity index (χ2n) is 6.31. The molecule has 3 nitrogen and oxygen atoms in total. The molecular formula is C17H23FO3. The van der Waals surface area contributed by atoms with Crippen LogP contribution in [0.3, 0.4) is 0 Å². The second kappa shape index (κ2) is 5.67. The number of ether oxygens (including phenoxy) is 3. The molecule has 3 rings (SSSR count). The summed E-state index contributed by atoms with van der Waals surface area (Å²) in [7, 11) is 1.71. The van der Waals surface area contributed by atoms with Gasteiger partial charge in [0, 0.05) is 25.5 Å². The summed E-state index contributed by atoms with van der Waals surface area (Å²) < 4.78 is 31.5. The van der Waals surface area contributed by atoms with Gasteiger partial charge in [0.25, 0.3) is 0 Å². The van der Waals surface area contributed by atoms with Crippen LogP contribution < -0.4 is 0 Å². The van der Waals surface area contributed by atoms with Gasteiger partial charge in [0.1, 0.15) is 5.82 Å². The van der Waals surface area contributed by atoms with Crippen molar-refractivity contribution in [2.24, 2.45) is 0 Å². The quantitative estimate of drug-likeness (QED) is 0.845. The minimum atomic E-state index is -0.440. The molecule has 0 spiro atoms. The number of rotatable bonds is 4. The predicted octanol–water partition coefficient (Wildman–Crippen LogP) is 3.81. The van der Waals surface area contributed by atoms with Crippen LogP contribution in [-0.2, 0) is 20.8 Å². The molecule has 116 valence electrons. The Hall–Kier alpha value is -0.970. The molecule has 0 amide bonds. The van der Waals surface area contributed by atoms with Crippen molar-refractivity contribution in [1.82, 2.24) is 0 Å². The van der Waals surface area contributed by atoms with Crippen LogP contribution in [0.1, 0.15) is 44.6 Å². The Kier molecular flexibility index (Phi) is 4.04. The van der Waals surface area contributed by atoms with Crippen molar-refractivity contribution in [3.05, 3.63) is 35.6 Å². The summed E-state index contributed by atoms with van der Waals surface area (Å²) >= 11 is 0. The molecule has 2 aliphatic heterocycles. The van der Waals surface area contributed by atoms with Gasteiger partial charge >= 0.3 is 0 Å². The zero-order valence-corrected chi connectivity index (χ0v) is 12.7. The van der Waals surface area contributed by atoms with Crippen LogP contribution in [0, 0.1) is 5.82 Å². The zero-order chi connectivity index (χ0) is 14.9. The van der Waals surface area contributed by atoms with Gasteiger partial charge in [-0.15, -0.1) is 0 Å². The van der Waals surface area contributed by atoms with Gasteiger partial charge in [0.05, 0.1) is 18.3 Å². The van der Waals surface area contributed by atoms with E-state index in [1.165, 1.54) is 6.07 Å². The number of halogens is 1. The zero-order valence-electron chi connectivity index (χ0n) is 12.7. The van der Waals surface area contributed by atoms with Crippen LogP contribution in [0.2, 0.25) is 0 Å². The minimum absolute atomic E-state index is 0.0133. The first-order valence-corrected chi connectivity index (χ1v) is 7.67. The molecule has 0 unspecified atom stereocenters. The van der Waals surface area contributed by atoms with Gasteiger partial charge in [-0.25, -0.2) is 4.39 Å². The van der Waals surface area contributed by atoms with E-state index in [1.807, 2.05) is 6.07 Å². The molecule has 2 saturated heterocycles. The Bertz CT molecular complexity index is 507. The van der Waals surface area contributed by atoms with Crippen LogP contribution in [0.15, 0.2) is 24.3 Å². The highest BCUT2D eigenvalue weighted by Crippen LogP contribution is 2.47. The first-order valence-electron chi connectivity index (χ1n) is 7.67. The van der Waals surface area contributed by atoms with E-state index in [0.717, 1.165) is 32.1 Å². The van der Waals surface area contributed by atoms with E-state index in [9.17, 15) is 4.39 Å². The SMILES string of the molecule is CO[C@@]12CCC[C@@](C)(O1)[C@@H](OCc1ccccc1F)CC2. The smallest absolute Gasteiger partial charge is 0.168 e. The molecule has 1 aromatic rings. The van der Waals surface area contributed by atoms with Crippen molar-refractivity contribution in [3.63, 3.8) is 0 Å². The van der Waals surface area contributed by atoms with Gasteiger partial charge in [-0.3, -0.25) is 0 Å². The molecule has 2 aliphatic rings. The van der Waals surface area contributed by atoms with E-state index >= 15 is 0 Å². The molecule has 4 heteroatoms. The van der Waals surface area contributed by atoms with E-state index in [-0.39, 0.29) is 24.1 Å². The van der Waals surface area contributed by atoms with E-state index in [1.54, 1.807) is 19.2 Å². The number of benzene rings is 1. The van der Waals surface area contributed by atoms with Crippen LogP contribution in [-0.4, -0.2) is 24.6 Å². The molecule has 0 saturated carbocycles. The fraction of sp³-hybridized carbons (Fsp3) is 0.647. The molecular weight excluding hydrogens is 271 g/mol. The van der Waals surface area contributed by atoms with Gasteiger partial charge in [-0.2, -0.15) is 0 Å². The lowest BCUT2D eigenvalue weighted by molar-refractivity contribution is -0.349. The van der Waals surface area contributed by atoms with Gasteiger partial charge in [-0.05, 0) is 32.3 Å². The third kappa shape index (κ3) is 2.85. The average Bonchev–Trinajstić information content (AvgIpc) is 2.48. The first kappa shape index (κ1) is 14.9. The van der Waals surface area contributed by atoms with Gasteiger partial charge in [0.15, 0.2) is 5.79 Å². The Morgan fingerprint density at radius 3 is 2.86 bits per heavy atom. The highest BCUT2D eigenvalue weighted by molar-refractivity contribution is 5.16. The molecule has 2 fully saturated rings. The second-order valence-corrected chi connectivity index (χ2v) is 6.31. The highest BCUT2D eigenvalue weighted by atomic mass is 19.1. The van der Waals surface area contributed by atoms with Crippen LogP contribution >= 0.6 is 0 Å². The minimum Gasteiger partial charge on any atom is -0.370 e. The van der Waals surface area contributed by atoms with Crippen molar-refractivity contribution in [2.75, 3.05) is 7.11 Å². The largest absolute Gasteiger partial charge is 0.370 e. The maximum absolute atomic E-state index is 13.7. The molecule has 0 N–H and O–H groups in total. The summed E-state index contributed by atoms with van der Waals surface area (Å²) in [6.07, 6.45) is 4.68. The Balaban J connectivity index is 1.68. The van der Waals surface area contributed by atoms with Crippen molar-refractivity contribution in [3.8, 4) is 0 Å². The van der Waals surface area contributed by atoms with Gasteiger partial charge < -0.3 is 14.2 Å². The van der Waals surface area contributed by atoms with Crippen LogP contribution in [0.5, 0.6) is 0 Å². The van der Waals surface area contributed by atoms with E-state index < -0.39 is 5.79 Å². The number of fused-ring (bicyclic) bond motifs is 2. The molecule has 0 radical (unpaired) electrons. The molecule has 0 aliphatic carbocycles. The predicted molar refractivity (Wildman–Crippen MR) is 77.3 cm³/mol. The standard InChI is InChI=1S/C17H23FO3/c1-16-9-5-10-17(19-2,21-16)11-8-15(16)20-12-13-6-3-4-7-14(13)18/h3-4,6-7,15H,5,8-12H2,1-2H3/t15-,16+,17-/m0/s1. The molecule has 3 atom stereocenters. The summed E-state index contributed by atoms with van der Waals surface area (Å²) in [5.41, 5.74) is 0.262. The van der Waals surface area contributed by atoms with Crippen LogP contribution in [0.4, 0.5) is 4.39 Å². The lowest BCUT2D eigenvalue weighted by Crippen LogP contribution is -2.59. The van der Waals surface area contributed by atoms with Crippen LogP contribution in [0.25, 0.3) is 0 Å². The Labute approximate surface area is 125 Å². The molecule has 0 aromatic heterocycles. The summed E-state index contributed by atoms with van der Waals surface area (Å²) in [6.45, 7) is 2.38. The normalized spacial score (nSPS) is 35.7. The topological polar surface area (TPSA) is 27.7 Å². The maximum atomic E-state index is 13.7. The van der Waals surface area contributed by atoms with Crippen molar-refractivity contribution < 1.29 is 18.6 Å². The molecule has 21 heavy (non-hydrogen) atoms. The summed E-state index contributed by atoms with van der Waals surface area (Å²) in [4.78, 5) is 0. The molecule has 1 aromatic carbocycles. The average molecular weight is 294 g/mol. The molecule has 2 bridgehead atoms. The lowest BCUT2D eigenvalue weighted by Gasteiger charge is -2.53. The maximum Gasteiger partial charge on any atom is 0.168 e. The molecule has 2 heterocycles. The monoisotopic (exact) mass is 294 g/mol. The fourth-order valence-corrected chi connectivity index (χ4v) is 3.61. The first-order chi connectivity index (χ1) is 10.1. The van der Waals surface area contributed by atoms with E-state index in [4.69, 9.17) is 14.2 Å². The van der Waals surface area contributed by atoms with E-state index in [0.29, 0.717) is 5.56 Å². The fourth-order valence-electron chi connectivity index (χ4n) is 3.61. The van der Waals surface area contributed by atoms with Crippen molar-refractivity contribution >= 4 is 0 Å². The summed E-state index contributed by atoms with van der Waals surface area (Å²) in [5, 5.41) is 0. The Morgan fingerprint density at radius 2 is 2.10 bits per heavy atom. The highest BCUT2D eigenvalue weighted by Gasteiger charge is 2.52. The number of methoxy groups -OCH3 is 1. The summed E-state index contributed by atoms with van der Waals surface area (Å²) in [5.74, 6) is -0.653. The van der Waals surface area contributed by atoms with Crippen molar-refractivity contribution in [2.45, 2.75) is 63.1 Å². The number of hydrogen-bond donors (Lipinski definition) is 0. The Morgan fingerprint density at radius 1 is 1.29 bits per heavy atom. The third-order valence-corrected chi connectivity index (χ3v) is 4.89. The van der Waals surface area contributed by atoms with Crippen molar-refractivity contribution in [1.29, 1.82) is 0 Å². The lowest BCUT2D eigenvalue weighted by atomic mass is 9.79. The summed E-state index contributed by atoms with van der Waals surface area (Å²) in [6, 6.07) is 6.76. The van der Waals surface area contributed by atoms with Gasteiger partial charge in [0.2, 0.25) is 0 Å². The van der Waals surface area contributed by atoms with Gasteiger partial charge in [-0.1, -0.05) is 18.2 Å². The third-order valence-electron chi connectivity index (χ3n) is 4.89. The van der Waals surface area contributed by atoms with E-state index in [2.05, 4.69) is 6.92 Å².